The number of thiazole rings is 1. The van der Waals surface area contributed by atoms with Gasteiger partial charge in [0.05, 0.1) is 15.6 Å². The minimum absolute atomic E-state index is 0.511. The van der Waals surface area contributed by atoms with Crippen molar-refractivity contribution in [3.05, 3.63) is 76.9 Å². The SMILES string of the molecule is C/C=c1/nc(-c2cccc(NC(=S)Nc3ccc(-n4cccn4)cc3)c2)s/c1=C/N. The maximum atomic E-state index is 5.71. The number of benzene rings is 2. The van der Waals surface area contributed by atoms with Crippen LogP contribution >= 0.6 is 23.6 Å². The molecule has 0 aliphatic heterocycles. The molecule has 2 aromatic carbocycles. The summed E-state index contributed by atoms with van der Waals surface area (Å²) >= 11 is 7.03. The van der Waals surface area contributed by atoms with Crippen LogP contribution in [-0.4, -0.2) is 19.9 Å². The van der Waals surface area contributed by atoms with Crippen molar-refractivity contribution in [3.8, 4) is 16.3 Å². The first-order chi connectivity index (χ1) is 14.7. The molecule has 2 aromatic heterocycles. The van der Waals surface area contributed by atoms with Gasteiger partial charge in [0, 0.05) is 35.5 Å². The van der Waals surface area contributed by atoms with E-state index in [2.05, 4.69) is 20.7 Å². The van der Waals surface area contributed by atoms with E-state index in [1.54, 1.807) is 28.4 Å². The van der Waals surface area contributed by atoms with Gasteiger partial charge in [0.1, 0.15) is 5.01 Å². The lowest BCUT2D eigenvalue weighted by atomic mass is 10.2. The number of thiocarbonyl (C=S) groups is 1. The van der Waals surface area contributed by atoms with Gasteiger partial charge in [-0.2, -0.15) is 5.10 Å². The molecule has 6 nitrogen and oxygen atoms in total. The number of nitrogens with one attached hydrogen (secondary N) is 2. The van der Waals surface area contributed by atoms with Crippen LogP contribution < -0.4 is 26.2 Å². The molecule has 0 bridgehead atoms. The lowest BCUT2D eigenvalue weighted by molar-refractivity contribution is 0.881. The summed E-state index contributed by atoms with van der Waals surface area (Å²) in [5, 5.41) is 13.0. The number of hydrogen-bond donors (Lipinski definition) is 3. The van der Waals surface area contributed by atoms with Gasteiger partial charge < -0.3 is 16.4 Å². The molecule has 4 aromatic rings. The van der Waals surface area contributed by atoms with Gasteiger partial charge in [0.2, 0.25) is 0 Å². The average molecular weight is 433 g/mol. The largest absolute Gasteiger partial charge is 0.403 e. The number of anilines is 2. The topological polar surface area (TPSA) is 80.8 Å². The van der Waals surface area contributed by atoms with Gasteiger partial charge in [-0.05, 0) is 61.6 Å². The lowest BCUT2D eigenvalue weighted by Gasteiger charge is -2.12. The first-order valence-electron chi connectivity index (χ1n) is 9.30. The van der Waals surface area contributed by atoms with Crippen LogP contribution in [0, 0.1) is 0 Å². The zero-order valence-corrected chi connectivity index (χ0v) is 17.9. The van der Waals surface area contributed by atoms with Crippen molar-refractivity contribution in [2.24, 2.45) is 5.73 Å². The number of nitrogens with two attached hydrogens (primary N) is 1. The average Bonchev–Trinajstić information content (AvgIpc) is 3.44. The number of hydrogen-bond acceptors (Lipinski definition) is 5. The summed E-state index contributed by atoms with van der Waals surface area (Å²) in [4.78, 5) is 4.66. The monoisotopic (exact) mass is 432 g/mol. The van der Waals surface area contributed by atoms with Crippen molar-refractivity contribution in [1.29, 1.82) is 0 Å². The zero-order chi connectivity index (χ0) is 20.9. The van der Waals surface area contributed by atoms with Crippen molar-refractivity contribution in [1.82, 2.24) is 14.8 Å². The van der Waals surface area contributed by atoms with E-state index in [-0.39, 0.29) is 0 Å². The van der Waals surface area contributed by atoms with Gasteiger partial charge in [-0.1, -0.05) is 18.2 Å². The van der Waals surface area contributed by atoms with Gasteiger partial charge in [-0.15, -0.1) is 11.3 Å². The molecule has 4 rings (SSSR count). The standard InChI is InChI=1S/C22H20N6S2/c1-2-19-20(14-23)30-21(27-19)15-5-3-6-17(13-15)26-22(29)25-16-7-9-18(10-8-16)28-12-4-11-24-28/h2-14H,23H2,1H3,(H2,25,26,29)/b19-2+,20-14+. The number of nitrogens with zero attached hydrogens (tertiary/aromatic N) is 3. The Hall–Kier alpha value is -3.49. The summed E-state index contributed by atoms with van der Waals surface area (Å²) in [5.74, 6) is 0. The Kier molecular flexibility index (Phi) is 5.87. The van der Waals surface area contributed by atoms with Gasteiger partial charge >= 0.3 is 0 Å². The molecule has 0 aliphatic carbocycles. The number of aromatic nitrogens is 3. The van der Waals surface area contributed by atoms with Gasteiger partial charge in [0.25, 0.3) is 0 Å². The van der Waals surface area contributed by atoms with Crippen molar-refractivity contribution in [2.75, 3.05) is 10.6 Å². The van der Waals surface area contributed by atoms with Gasteiger partial charge in [-0.25, -0.2) is 9.67 Å². The molecule has 4 N–H and O–H groups in total. The Bertz CT molecular complexity index is 1240. The molecule has 0 saturated carbocycles. The second-order valence-corrected chi connectivity index (χ2v) is 7.82. The highest BCUT2D eigenvalue weighted by Gasteiger charge is 2.06. The Morgan fingerprint density at radius 2 is 1.90 bits per heavy atom. The summed E-state index contributed by atoms with van der Waals surface area (Å²) in [7, 11) is 0. The minimum atomic E-state index is 0.511. The van der Waals surface area contributed by atoms with Crippen LogP contribution in [0.15, 0.2) is 67.0 Å². The van der Waals surface area contributed by atoms with Crippen LogP contribution in [0.2, 0.25) is 0 Å². The maximum Gasteiger partial charge on any atom is 0.175 e. The Labute approximate surface area is 183 Å². The summed E-state index contributed by atoms with van der Waals surface area (Å²) in [6.07, 6.45) is 7.20. The van der Waals surface area contributed by atoms with E-state index in [1.165, 1.54) is 0 Å². The molecule has 0 radical (unpaired) electrons. The molecule has 30 heavy (non-hydrogen) atoms. The second kappa shape index (κ2) is 8.89. The normalized spacial score (nSPS) is 12.2. The maximum absolute atomic E-state index is 5.71. The second-order valence-electron chi connectivity index (χ2n) is 6.38. The Morgan fingerprint density at radius 1 is 1.10 bits per heavy atom. The Balaban J connectivity index is 1.46. The highest BCUT2D eigenvalue weighted by atomic mass is 32.1. The van der Waals surface area contributed by atoms with Crippen LogP contribution in [0.3, 0.4) is 0 Å². The molecular formula is C22H20N6S2. The van der Waals surface area contributed by atoms with E-state index in [4.69, 9.17) is 18.0 Å². The quantitative estimate of drug-likeness (QED) is 0.430. The third-order valence-electron chi connectivity index (χ3n) is 4.37. The molecule has 0 fully saturated rings. The highest BCUT2D eigenvalue weighted by Crippen LogP contribution is 2.22. The summed E-state index contributed by atoms with van der Waals surface area (Å²) in [5.41, 5.74) is 9.48. The van der Waals surface area contributed by atoms with Crippen LogP contribution in [0.4, 0.5) is 11.4 Å². The summed E-state index contributed by atoms with van der Waals surface area (Å²) < 4.78 is 2.77. The smallest absolute Gasteiger partial charge is 0.175 e. The zero-order valence-electron chi connectivity index (χ0n) is 16.2. The summed E-state index contributed by atoms with van der Waals surface area (Å²) in [6.45, 7) is 1.95. The van der Waals surface area contributed by atoms with E-state index in [9.17, 15) is 0 Å². The molecule has 0 amide bonds. The fraction of sp³-hybridized carbons (Fsp3) is 0.0455. The molecule has 8 heteroatoms. The van der Waals surface area contributed by atoms with Crippen LogP contribution in [0.1, 0.15) is 6.92 Å². The molecule has 150 valence electrons. The van der Waals surface area contributed by atoms with E-state index < -0.39 is 0 Å². The molecule has 0 unspecified atom stereocenters. The highest BCUT2D eigenvalue weighted by molar-refractivity contribution is 7.80. The van der Waals surface area contributed by atoms with Crippen molar-refractivity contribution in [2.45, 2.75) is 6.92 Å². The van der Waals surface area contributed by atoms with E-state index in [1.807, 2.05) is 73.8 Å². The van der Waals surface area contributed by atoms with Crippen LogP contribution in [0.25, 0.3) is 28.5 Å². The van der Waals surface area contributed by atoms with Crippen molar-refractivity contribution >= 4 is 52.3 Å². The number of rotatable bonds is 4. The first-order valence-corrected chi connectivity index (χ1v) is 10.5. The van der Waals surface area contributed by atoms with Gasteiger partial charge in [0.15, 0.2) is 5.11 Å². The van der Waals surface area contributed by atoms with Crippen LogP contribution in [0.5, 0.6) is 0 Å². The molecule has 0 atom stereocenters. The fourth-order valence-electron chi connectivity index (χ4n) is 2.94. The summed E-state index contributed by atoms with van der Waals surface area (Å²) in [6, 6.07) is 17.8. The van der Waals surface area contributed by atoms with Gasteiger partial charge in [-0.3, -0.25) is 0 Å². The molecule has 0 aliphatic rings. The van der Waals surface area contributed by atoms with E-state index in [0.717, 1.165) is 37.5 Å². The predicted octanol–water partition coefficient (Wildman–Crippen LogP) is 3.30. The molecule has 0 saturated heterocycles. The minimum Gasteiger partial charge on any atom is -0.403 e. The fourth-order valence-corrected chi connectivity index (χ4v) is 4.10. The third kappa shape index (κ3) is 4.40. The van der Waals surface area contributed by atoms with Crippen LogP contribution in [-0.2, 0) is 0 Å². The molecular weight excluding hydrogens is 412 g/mol. The first kappa shape index (κ1) is 19.8. The Morgan fingerprint density at radius 3 is 2.57 bits per heavy atom. The van der Waals surface area contributed by atoms with E-state index in [0.29, 0.717) is 5.11 Å². The molecule has 0 spiro atoms. The lowest BCUT2D eigenvalue weighted by Crippen LogP contribution is -2.21. The van der Waals surface area contributed by atoms with Crippen molar-refractivity contribution < 1.29 is 0 Å². The third-order valence-corrected chi connectivity index (χ3v) is 5.66. The van der Waals surface area contributed by atoms with E-state index >= 15 is 0 Å². The molecule has 2 heterocycles. The predicted molar refractivity (Wildman–Crippen MR) is 129 cm³/mol. The van der Waals surface area contributed by atoms with Crippen molar-refractivity contribution in [3.63, 3.8) is 0 Å².